The van der Waals surface area contributed by atoms with Crippen molar-refractivity contribution in [3.05, 3.63) is 21.8 Å². The van der Waals surface area contributed by atoms with Gasteiger partial charge in [0.25, 0.3) is 0 Å². The number of aromatic nitrogens is 3. The molecule has 1 amide bonds. The van der Waals surface area contributed by atoms with Gasteiger partial charge in [-0.15, -0.1) is 21.5 Å². The molecule has 0 spiro atoms. The molecule has 0 saturated heterocycles. The third-order valence-electron chi connectivity index (χ3n) is 4.14. The highest BCUT2D eigenvalue weighted by Gasteiger charge is 2.28. The first-order chi connectivity index (χ1) is 12.9. The minimum absolute atomic E-state index is 0.122. The van der Waals surface area contributed by atoms with E-state index in [1.807, 2.05) is 13.8 Å². The van der Waals surface area contributed by atoms with Gasteiger partial charge in [0, 0.05) is 4.88 Å². The van der Waals surface area contributed by atoms with Gasteiger partial charge in [-0.2, -0.15) is 0 Å². The average Bonchev–Trinajstić information content (AvgIpc) is 3.13. The van der Waals surface area contributed by atoms with Crippen LogP contribution >= 0.6 is 23.1 Å². The molecule has 146 valence electrons. The number of esters is 1. The fourth-order valence-corrected chi connectivity index (χ4v) is 4.88. The lowest BCUT2D eigenvalue weighted by molar-refractivity contribution is -0.113. The highest BCUT2D eigenvalue weighted by molar-refractivity contribution is 7.99. The van der Waals surface area contributed by atoms with Crippen molar-refractivity contribution in [2.45, 2.75) is 57.7 Å². The van der Waals surface area contributed by atoms with Crippen molar-refractivity contribution in [1.29, 1.82) is 0 Å². The van der Waals surface area contributed by atoms with Crippen LogP contribution in [0.4, 0.5) is 5.00 Å². The maximum absolute atomic E-state index is 12.6. The van der Waals surface area contributed by atoms with Crippen LogP contribution in [0.25, 0.3) is 0 Å². The van der Waals surface area contributed by atoms with Crippen molar-refractivity contribution >= 4 is 40.0 Å². The minimum Gasteiger partial charge on any atom is -0.459 e. The molecule has 2 aromatic rings. The number of nitrogens with two attached hydrogens (primary N) is 1. The van der Waals surface area contributed by atoms with Crippen molar-refractivity contribution in [2.24, 2.45) is 0 Å². The summed E-state index contributed by atoms with van der Waals surface area (Å²) in [5, 5.41) is 11.7. The van der Waals surface area contributed by atoms with Crippen molar-refractivity contribution in [1.82, 2.24) is 14.9 Å². The molecule has 0 radical (unpaired) electrons. The minimum atomic E-state index is -0.371. The Kier molecular flexibility index (Phi) is 6.05. The molecule has 10 heteroatoms. The zero-order chi connectivity index (χ0) is 19.6. The molecule has 1 aliphatic rings. The van der Waals surface area contributed by atoms with E-state index in [0.717, 1.165) is 36.1 Å². The number of hydrogen-bond donors (Lipinski definition) is 2. The standard InChI is InChI=1S/C17H23N5O3S2/c1-9(2)25-16(24)14-11-6-4-5-7-12(11)27-15(14)19-13(23)8-26-17-21-20-10(3)22(17)18/h9H,4-8,18H2,1-3H3,(H,19,23). The molecule has 2 heterocycles. The molecule has 3 N–H and O–H groups in total. The molecule has 0 unspecified atom stereocenters. The topological polar surface area (TPSA) is 112 Å². The van der Waals surface area contributed by atoms with Gasteiger partial charge < -0.3 is 15.9 Å². The van der Waals surface area contributed by atoms with E-state index in [1.54, 1.807) is 6.92 Å². The number of amides is 1. The van der Waals surface area contributed by atoms with Crippen LogP contribution in [0, 0.1) is 6.92 Å². The van der Waals surface area contributed by atoms with Gasteiger partial charge >= 0.3 is 5.97 Å². The van der Waals surface area contributed by atoms with E-state index >= 15 is 0 Å². The van der Waals surface area contributed by atoms with Crippen LogP contribution in [0.3, 0.4) is 0 Å². The lowest BCUT2D eigenvalue weighted by atomic mass is 9.95. The number of hydrogen-bond acceptors (Lipinski definition) is 8. The maximum Gasteiger partial charge on any atom is 0.341 e. The predicted molar refractivity (Wildman–Crippen MR) is 106 cm³/mol. The number of anilines is 1. The van der Waals surface area contributed by atoms with Crippen molar-refractivity contribution in [3.8, 4) is 0 Å². The lowest BCUT2D eigenvalue weighted by Gasteiger charge is -2.14. The molecule has 2 aromatic heterocycles. The number of carbonyl (C=O) groups excluding carboxylic acids is 2. The number of thioether (sulfide) groups is 1. The van der Waals surface area contributed by atoms with Crippen LogP contribution in [0.1, 0.15) is 53.3 Å². The second-order valence-electron chi connectivity index (χ2n) is 6.61. The number of thiophene rings is 1. The Morgan fingerprint density at radius 1 is 1.33 bits per heavy atom. The van der Waals surface area contributed by atoms with Crippen molar-refractivity contribution in [3.63, 3.8) is 0 Å². The van der Waals surface area contributed by atoms with Gasteiger partial charge in [-0.05, 0) is 52.0 Å². The number of ether oxygens (including phenoxy) is 1. The fraction of sp³-hybridized carbons (Fsp3) is 0.529. The number of fused-ring (bicyclic) bond motifs is 1. The van der Waals surface area contributed by atoms with E-state index in [9.17, 15) is 9.59 Å². The second-order valence-corrected chi connectivity index (χ2v) is 8.65. The molecular weight excluding hydrogens is 386 g/mol. The molecule has 1 aliphatic carbocycles. The van der Waals surface area contributed by atoms with Crippen LogP contribution < -0.4 is 11.2 Å². The van der Waals surface area contributed by atoms with Crippen LogP contribution in [0.5, 0.6) is 0 Å². The van der Waals surface area contributed by atoms with Gasteiger partial charge in [-0.3, -0.25) is 4.79 Å². The summed E-state index contributed by atoms with van der Waals surface area (Å²) >= 11 is 2.67. The van der Waals surface area contributed by atoms with Crippen LogP contribution in [0.15, 0.2) is 5.16 Å². The lowest BCUT2D eigenvalue weighted by Crippen LogP contribution is -2.19. The molecule has 0 fully saturated rings. The quantitative estimate of drug-likeness (QED) is 0.428. The van der Waals surface area contributed by atoms with Gasteiger partial charge in [0.05, 0.1) is 17.4 Å². The van der Waals surface area contributed by atoms with Crippen molar-refractivity contribution < 1.29 is 14.3 Å². The number of aryl methyl sites for hydroxylation is 2. The number of nitrogens with one attached hydrogen (secondary N) is 1. The SMILES string of the molecule is Cc1nnc(SCC(=O)Nc2sc3c(c2C(=O)OC(C)C)CCCC3)n1N. The van der Waals surface area contributed by atoms with Gasteiger partial charge in [0.2, 0.25) is 11.1 Å². The second kappa shape index (κ2) is 8.30. The predicted octanol–water partition coefficient (Wildman–Crippen LogP) is 2.54. The number of rotatable bonds is 6. The third kappa shape index (κ3) is 4.44. The molecule has 0 bridgehead atoms. The summed E-state index contributed by atoms with van der Waals surface area (Å²) in [6, 6.07) is 0. The van der Waals surface area contributed by atoms with Crippen LogP contribution in [-0.4, -0.2) is 38.6 Å². The summed E-state index contributed by atoms with van der Waals surface area (Å²) in [4.78, 5) is 26.2. The Morgan fingerprint density at radius 2 is 2.07 bits per heavy atom. The zero-order valence-corrected chi connectivity index (χ0v) is 17.2. The van der Waals surface area contributed by atoms with Crippen molar-refractivity contribution in [2.75, 3.05) is 16.9 Å². The van der Waals surface area contributed by atoms with Gasteiger partial charge in [0.15, 0.2) is 0 Å². The Bertz CT molecular complexity index is 859. The number of nitrogen functional groups attached to an aromatic ring is 1. The highest BCUT2D eigenvalue weighted by Crippen LogP contribution is 2.38. The Morgan fingerprint density at radius 3 is 2.74 bits per heavy atom. The summed E-state index contributed by atoms with van der Waals surface area (Å²) in [7, 11) is 0. The molecule has 0 saturated carbocycles. The normalized spacial score (nSPS) is 13.5. The third-order valence-corrected chi connectivity index (χ3v) is 6.29. The summed E-state index contributed by atoms with van der Waals surface area (Å²) in [6.07, 6.45) is 3.70. The smallest absolute Gasteiger partial charge is 0.341 e. The monoisotopic (exact) mass is 409 g/mol. The van der Waals surface area contributed by atoms with E-state index in [1.165, 1.54) is 27.8 Å². The van der Waals surface area contributed by atoms with E-state index in [-0.39, 0.29) is 23.7 Å². The molecular formula is C17H23N5O3S2. The molecule has 3 rings (SSSR count). The average molecular weight is 410 g/mol. The Labute approximate surface area is 165 Å². The first-order valence-electron chi connectivity index (χ1n) is 8.82. The summed E-state index contributed by atoms with van der Waals surface area (Å²) in [5.74, 6) is 5.90. The summed E-state index contributed by atoms with van der Waals surface area (Å²) in [5.41, 5.74) is 1.54. The van der Waals surface area contributed by atoms with Crippen LogP contribution in [0.2, 0.25) is 0 Å². The van der Waals surface area contributed by atoms with Gasteiger partial charge in [-0.25, -0.2) is 9.47 Å². The van der Waals surface area contributed by atoms with E-state index < -0.39 is 0 Å². The summed E-state index contributed by atoms with van der Waals surface area (Å²) in [6.45, 7) is 5.37. The van der Waals surface area contributed by atoms with Gasteiger partial charge in [0.1, 0.15) is 10.8 Å². The molecule has 27 heavy (non-hydrogen) atoms. The summed E-state index contributed by atoms with van der Waals surface area (Å²) < 4.78 is 6.74. The zero-order valence-electron chi connectivity index (χ0n) is 15.6. The largest absolute Gasteiger partial charge is 0.459 e. The van der Waals surface area contributed by atoms with E-state index in [4.69, 9.17) is 10.6 Å². The van der Waals surface area contributed by atoms with Crippen LogP contribution in [-0.2, 0) is 22.4 Å². The first-order valence-corrected chi connectivity index (χ1v) is 10.6. The Hall–Kier alpha value is -2.07. The molecule has 8 nitrogen and oxygen atoms in total. The first kappa shape index (κ1) is 19.7. The van der Waals surface area contributed by atoms with E-state index in [0.29, 0.717) is 21.5 Å². The molecule has 0 aromatic carbocycles. The van der Waals surface area contributed by atoms with E-state index in [2.05, 4.69) is 15.5 Å². The number of nitrogens with zero attached hydrogens (tertiary/aromatic N) is 3. The maximum atomic E-state index is 12.6. The highest BCUT2D eigenvalue weighted by atomic mass is 32.2. The Balaban J connectivity index is 1.75. The van der Waals surface area contributed by atoms with Gasteiger partial charge in [-0.1, -0.05) is 11.8 Å². The number of carbonyl (C=O) groups is 2. The molecule has 0 atom stereocenters. The molecule has 0 aliphatic heterocycles. The fourth-order valence-electron chi connectivity index (χ4n) is 2.88.